The van der Waals surface area contributed by atoms with Crippen molar-refractivity contribution in [2.24, 2.45) is 5.16 Å². The first-order chi connectivity index (χ1) is 6.27. The number of nitrogen functional groups attached to an aromatic ring is 1. The van der Waals surface area contributed by atoms with Gasteiger partial charge in [0.15, 0.2) is 5.13 Å². The SMILES string of the molecule is CCON=C(C#N)c1nsc(N)n1. The van der Waals surface area contributed by atoms with Crippen LogP contribution in [0.25, 0.3) is 0 Å². The molecule has 0 fully saturated rings. The van der Waals surface area contributed by atoms with Crippen molar-refractivity contribution in [2.75, 3.05) is 12.3 Å². The number of anilines is 1. The maximum absolute atomic E-state index is 8.64. The summed E-state index contributed by atoms with van der Waals surface area (Å²) in [6, 6.07) is 1.82. The van der Waals surface area contributed by atoms with Gasteiger partial charge in [-0.25, -0.2) is 0 Å². The Kier molecular flexibility index (Phi) is 3.16. The van der Waals surface area contributed by atoms with Crippen molar-refractivity contribution in [3.63, 3.8) is 0 Å². The van der Waals surface area contributed by atoms with E-state index in [0.717, 1.165) is 11.5 Å². The van der Waals surface area contributed by atoms with Crippen molar-refractivity contribution >= 4 is 22.4 Å². The largest absolute Gasteiger partial charge is 0.395 e. The molecule has 1 rings (SSSR count). The van der Waals surface area contributed by atoms with Gasteiger partial charge in [-0.05, 0) is 6.92 Å². The number of oxime groups is 1. The summed E-state index contributed by atoms with van der Waals surface area (Å²) in [5.74, 6) is 0.207. The predicted molar refractivity (Wildman–Crippen MR) is 48.1 cm³/mol. The Morgan fingerprint density at radius 1 is 1.85 bits per heavy atom. The molecule has 0 atom stereocenters. The number of rotatable bonds is 3. The Balaban J connectivity index is 2.86. The standard InChI is InChI=1S/C6H7N5OS/c1-2-12-10-4(3-7)5-9-6(8)13-11-5/h2H2,1H3,(H2,8,9,11). The fraction of sp³-hybridized carbons (Fsp3) is 0.333. The average Bonchev–Trinajstić information content (AvgIpc) is 2.54. The molecule has 0 unspecified atom stereocenters. The summed E-state index contributed by atoms with van der Waals surface area (Å²) in [6.07, 6.45) is 0. The number of nitrogens with zero attached hydrogens (tertiary/aromatic N) is 4. The van der Waals surface area contributed by atoms with Gasteiger partial charge in [0.2, 0.25) is 11.5 Å². The van der Waals surface area contributed by atoms with E-state index in [2.05, 4.69) is 14.5 Å². The molecule has 0 aliphatic rings. The van der Waals surface area contributed by atoms with Crippen LogP contribution in [-0.4, -0.2) is 21.7 Å². The lowest BCUT2D eigenvalue weighted by atomic mass is 10.4. The van der Waals surface area contributed by atoms with Crippen molar-refractivity contribution in [2.45, 2.75) is 6.92 Å². The van der Waals surface area contributed by atoms with Crippen LogP contribution < -0.4 is 5.73 Å². The summed E-state index contributed by atoms with van der Waals surface area (Å²) in [5.41, 5.74) is 5.38. The first-order valence-electron chi connectivity index (χ1n) is 3.47. The lowest BCUT2D eigenvalue weighted by Crippen LogP contribution is -2.01. The van der Waals surface area contributed by atoms with Gasteiger partial charge in [-0.15, -0.1) is 0 Å². The quantitative estimate of drug-likeness (QED) is 0.558. The Bertz CT molecular complexity index is 352. The van der Waals surface area contributed by atoms with Gasteiger partial charge < -0.3 is 10.6 Å². The molecule has 7 heteroatoms. The van der Waals surface area contributed by atoms with Crippen LogP contribution in [0.5, 0.6) is 0 Å². The van der Waals surface area contributed by atoms with Crippen molar-refractivity contribution in [1.29, 1.82) is 5.26 Å². The lowest BCUT2D eigenvalue weighted by Gasteiger charge is -1.91. The van der Waals surface area contributed by atoms with E-state index >= 15 is 0 Å². The molecule has 2 N–H and O–H groups in total. The fourth-order valence-corrected chi connectivity index (χ4v) is 1.01. The van der Waals surface area contributed by atoms with Crippen molar-refractivity contribution in [1.82, 2.24) is 9.36 Å². The topological polar surface area (TPSA) is 97.2 Å². The van der Waals surface area contributed by atoms with Gasteiger partial charge in [-0.1, -0.05) is 5.16 Å². The Hall–Kier alpha value is -1.68. The third-order valence-corrected chi connectivity index (χ3v) is 1.59. The molecular weight excluding hydrogens is 190 g/mol. The Morgan fingerprint density at radius 2 is 2.62 bits per heavy atom. The maximum atomic E-state index is 8.64. The van der Waals surface area contributed by atoms with Gasteiger partial charge >= 0.3 is 0 Å². The van der Waals surface area contributed by atoms with Crippen LogP contribution in [0.15, 0.2) is 5.16 Å². The highest BCUT2D eigenvalue weighted by Crippen LogP contribution is 2.06. The molecule has 0 bridgehead atoms. The van der Waals surface area contributed by atoms with E-state index in [4.69, 9.17) is 15.8 Å². The first-order valence-corrected chi connectivity index (χ1v) is 4.25. The van der Waals surface area contributed by atoms with E-state index in [1.54, 1.807) is 6.92 Å². The van der Waals surface area contributed by atoms with Gasteiger partial charge in [0.1, 0.15) is 12.7 Å². The molecule has 0 aliphatic heterocycles. The molecule has 13 heavy (non-hydrogen) atoms. The number of hydrogen-bond acceptors (Lipinski definition) is 7. The van der Waals surface area contributed by atoms with E-state index in [-0.39, 0.29) is 11.5 Å². The highest BCUT2D eigenvalue weighted by atomic mass is 32.1. The minimum atomic E-state index is 0.0369. The summed E-state index contributed by atoms with van der Waals surface area (Å²) >= 11 is 1.01. The number of aromatic nitrogens is 2. The third kappa shape index (κ3) is 2.38. The molecule has 0 radical (unpaired) electrons. The summed E-state index contributed by atoms with van der Waals surface area (Å²) in [6.45, 7) is 2.16. The van der Waals surface area contributed by atoms with Crippen LogP contribution in [0.1, 0.15) is 12.7 Å². The summed E-state index contributed by atoms with van der Waals surface area (Å²) in [7, 11) is 0. The van der Waals surface area contributed by atoms with Gasteiger partial charge in [-0.2, -0.15) is 14.6 Å². The van der Waals surface area contributed by atoms with Crippen molar-refractivity contribution < 1.29 is 4.84 Å². The Morgan fingerprint density at radius 3 is 3.08 bits per heavy atom. The average molecular weight is 197 g/mol. The zero-order valence-corrected chi connectivity index (χ0v) is 7.71. The zero-order chi connectivity index (χ0) is 9.68. The minimum Gasteiger partial charge on any atom is -0.395 e. The van der Waals surface area contributed by atoms with Crippen LogP contribution in [0, 0.1) is 11.3 Å². The molecule has 1 aromatic rings. The second-order valence-corrected chi connectivity index (χ2v) is 2.71. The monoisotopic (exact) mass is 197 g/mol. The van der Waals surface area contributed by atoms with E-state index in [1.165, 1.54) is 0 Å². The highest BCUT2D eigenvalue weighted by molar-refractivity contribution is 7.09. The summed E-state index contributed by atoms with van der Waals surface area (Å²) in [4.78, 5) is 8.49. The molecule has 1 heterocycles. The minimum absolute atomic E-state index is 0.0369. The molecular formula is C6H7N5OS. The van der Waals surface area contributed by atoms with Gasteiger partial charge in [-0.3, -0.25) is 0 Å². The maximum Gasteiger partial charge on any atom is 0.225 e. The Labute approximate surface area is 78.8 Å². The first kappa shape index (κ1) is 9.41. The summed E-state index contributed by atoms with van der Waals surface area (Å²) < 4.78 is 3.81. The molecule has 0 aromatic carbocycles. The smallest absolute Gasteiger partial charge is 0.225 e. The van der Waals surface area contributed by atoms with Crippen LogP contribution in [-0.2, 0) is 4.84 Å². The van der Waals surface area contributed by atoms with Crippen LogP contribution >= 0.6 is 11.5 Å². The van der Waals surface area contributed by atoms with Crippen molar-refractivity contribution in [3.05, 3.63) is 5.82 Å². The lowest BCUT2D eigenvalue weighted by molar-refractivity contribution is 0.159. The van der Waals surface area contributed by atoms with E-state index in [1.807, 2.05) is 6.07 Å². The number of nitrogens with two attached hydrogens (primary N) is 1. The van der Waals surface area contributed by atoms with E-state index in [0.29, 0.717) is 11.7 Å². The van der Waals surface area contributed by atoms with Gasteiger partial charge in [0.25, 0.3) is 0 Å². The molecule has 0 saturated heterocycles. The molecule has 0 aliphatic carbocycles. The van der Waals surface area contributed by atoms with E-state index in [9.17, 15) is 0 Å². The number of hydrogen-bond donors (Lipinski definition) is 1. The second kappa shape index (κ2) is 4.37. The molecule has 0 spiro atoms. The third-order valence-electron chi connectivity index (χ3n) is 1.04. The van der Waals surface area contributed by atoms with E-state index < -0.39 is 0 Å². The summed E-state index contributed by atoms with van der Waals surface area (Å²) in [5, 5.41) is 12.5. The van der Waals surface area contributed by atoms with Gasteiger partial charge in [0.05, 0.1) is 0 Å². The zero-order valence-electron chi connectivity index (χ0n) is 6.89. The molecule has 1 aromatic heterocycles. The second-order valence-electron chi connectivity index (χ2n) is 1.93. The predicted octanol–water partition coefficient (Wildman–Crippen LogP) is 0.384. The fourth-order valence-electron chi connectivity index (χ4n) is 0.572. The number of nitriles is 1. The normalized spacial score (nSPS) is 10.9. The van der Waals surface area contributed by atoms with Crippen LogP contribution in [0.4, 0.5) is 5.13 Å². The van der Waals surface area contributed by atoms with Crippen LogP contribution in [0.3, 0.4) is 0 Å². The van der Waals surface area contributed by atoms with Crippen molar-refractivity contribution in [3.8, 4) is 6.07 Å². The van der Waals surface area contributed by atoms with Crippen LogP contribution in [0.2, 0.25) is 0 Å². The van der Waals surface area contributed by atoms with Gasteiger partial charge in [0, 0.05) is 11.5 Å². The molecule has 0 amide bonds. The molecule has 6 nitrogen and oxygen atoms in total. The molecule has 68 valence electrons. The molecule has 0 saturated carbocycles. The highest BCUT2D eigenvalue weighted by Gasteiger charge is 2.09.